The van der Waals surface area contributed by atoms with Crippen LogP contribution in [0, 0.1) is 0 Å². The summed E-state index contributed by atoms with van der Waals surface area (Å²) in [6.07, 6.45) is 1.78. The van der Waals surface area contributed by atoms with Gasteiger partial charge in [0.25, 0.3) is 0 Å². The van der Waals surface area contributed by atoms with Crippen molar-refractivity contribution >= 4 is 11.0 Å². The Morgan fingerprint density at radius 2 is 1.60 bits per heavy atom. The molecule has 1 saturated heterocycles. The Balaban J connectivity index is 1.75. The highest BCUT2D eigenvalue weighted by Gasteiger charge is 2.44. The molecule has 1 fully saturated rings. The molecule has 11 heteroatoms. The minimum Gasteiger partial charge on any atom is -0.507 e. The van der Waals surface area contributed by atoms with Crippen LogP contribution in [-0.2, 0) is 11.2 Å². The van der Waals surface area contributed by atoms with Gasteiger partial charge in [-0.05, 0) is 96.8 Å². The highest BCUT2D eigenvalue weighted by atomic mass is 16.7. The van der Waals surface area contributed by atoms with E-state index in [9.17, 15) is 25.2 Å². The van der Waals surface area contributed by atoms with E-state index >= 15 is 0 Å². The molecule has 0 unspecified atom stereocenters. The van der Waals surface area contributed by atoms with Gasteiger partial charge in [0.1, 0.15) is 46.5 Å². The van der Waals surface area contributed by atoms with Crippen LogP contribution in [0.15, 0.2) is 51.2 Å². The van der Waals surface area contributed by atoms with Gasteiger partial charge in [0.2, 0.25) is 17.5 Å². The average molecular weight is 698 g/mol. The average Bonchev–Trinajstić information content (AvgIpc) is 3.10. The number of allylic oxidation sites excluding steroid dienone is 2. The maximum atomic E-state index is 14.3. The number of aliphatic hydroxyl groups is 3. The second-order valence-electron chi connectivity index (χ2n) is 13.3. The number of benzene rings is 2. The van der Waals surface area contributed by atoms with Crippen LogP contribution in [0.25, 0.3) is 22.3 Å². The molecule has 4 N–H and O–H groups in total. The van der Waals surface area contributed by atoms with Gasteiger partial charge in [-0.1, -0.05) is 38.3 Å². The smallest absolute Gasteiger partial charge is 0.239 e. The molecule has 0 bridgehead atoms. The molecular formula is C39H55NO10. The van der Waals surface area contributed by atoms with E-state index in [4.69, 9.17) is 23.4 Å². The Morgan fingerprint density at radius 1 is 0.940 bits per heavy atom. The molecule has 0 radical (unpaired) electrons. The van der Waals surface area contributed by atoms with Gasteiger partial charge in [0.05, 0.1) is 19.8 Å². The first-order valence-electron chi connectivity index (χ1n) is 17.8. The van der Waals surface area contributed by atoms with Crippen molar-refractivity contribution in [1.29, 1.82) is 0 Å². The lowest BCUT2D eigenvalue weighted by molar-refractivity contribution is -0.268. The predicted molar refractivity (Wildman–Crippen MR) is 193 cm³/mol. The number of phenols is 1. The van der Waals surface area contributed by atoms with Crippen molar-refractivity contribution in [2.75, 3.05) is 33.4 Å². The van der Waals surface area contributed by atoms with Crippen molar-refractivity contribution in [3.8, 4) is 34.3 Å². The summed E-state index contributed by atoms with van der Waals surface area (Å²) in [4.78, 5) is 16.8. The number of hydrogen-bond acceptors (Lipinski definition) is 11. The fourth-order valence-electron chi connectivity index (χ4n) is 5.97. The third-order valence-electron chi connectivity index (χ3n) is 9.06. The van der Waals surface area contributed by atoms with Crippen molar-refractivity contribution in [1.82, 2.24) is 4.90 Å². The van der Waals surface area contributed by atoms with Crippen LogP contribution < -0.4 is 19.6 Å². The minimum atomic E-state index is -1.68. The van der Waals surface area contributed by atoms with Crippen LogP contribution in [0.1, 0.15) is 78.7 Å². The first-order chi connectivity index (χ1) is 24.0. The number of aliphatic hydroxyl groups excluding tert-OH is 3. The molecule has 11 nitrogen and oxygen atoms in total. The Kier molecular flexibility index (Phi) is 14.6. The number of unbranched alkanes of at least 4 members (excludes halogenated alkanes) is 3. The zero-order valence-corrected chi connectivity index (χ0v) is 30.3. The molecule has 0 aliphatic carbocycles. The molecule has 0 saturated carbocycles. The summed E-state index contributed by atoms with van der Waals surface area (Å²) < 4.78 is 29.8. The molecule has 3 aromatic rings. The molecule has 50 heavy (non-hydrogen) atoms. The normalized spacial score (nSPS) is 20.6. The minimum absolute atomic E-state index is 0.0171. The van der Waals surface area contributed by atoms with Gasteiger partial charge in [-0.2, -0.15) is 0 Å². The summed E-state index contributed by atoms with van der Waals surface area (Å²) in [6, 6.07) is 8.21. The lowest BCUT2D eigenvalue weighted by atomic mass is 10.00. The molecule has 1 aromatic heterocycles. The van der Waals surface area contributed by atoms with Gasteiger partial charge in [-0.15, -0.1) is 0 Å². The number of hydrogen-bond donors (Lipinski definition) is 4. The third kappa shape index (κ3) is 9.58. The number of nitrogens with zero attached hydrogens (tertiary/aromatic N) is 1. The molecule has 1 aliphatic rings. The SMILES string of the molecule is CCCCN(CCCC)CCCCOc1cc(O)c2c(=O)c(O[C@H]3O[C@H](C)[C@@H](O)[C@H](O)[C@@H]3O)c(-c3ccc(OC)cc3)oc2c1CC=C(C)C. The number of phenolic OH excluding ortho intramolecular Hbond substituents is 1. The fraction of sp³-hybridized carbons (Fsp3) is 0.564. The van der Waals surface area contributed by atoms with Gasteiger partial charge in [0.15, 0.2) is 5.76 Å². The van der Waals surface area contributed by atoms with Crippen LogP contribution in [-0.4, -0.2) is 89.4 Å². The number of methoxy groups -OCH3 is 1. The van der Waals surface area contributed by atoms with E-state index in [0.29, 0.717) is 35.7 Å². The van der Waals surface area contributed by atoms with Crippen molar-refractivity contribution in [3.05, 3.63) is 57.8 Å². The summed E-state index contributed by atoms with van der Waals surface area (Å²) >= 11 is 0. The first kappa shape index (κ1) is 39.2. The largest absolute Gasteiger partial charge is 0.507 e. The fourth-order valence-corrected chi connectivity index (χ4v) is 5.97. The Hall–Kier alpha value is -3.61. The standard InChI is InChI=1S/C39H55NO10/c1-7-9-19-40(20-10-8-2)21-11-12-22-47-30-23-29(41)31-33(43)38(50-39-35(45)34(44)32(42)25(5)48-39)36(26-14-16-27(46-6)17-15-26)49-37(31)28(30)18-13-24(3)4/h13-17,23,25,32,34-35,39,41-42,44-45H,7-12,18-22H2,1-6H3/t25-,32-,34+,35+,39-/m1/s1. The maximum absolute atomic E-state index is 14.3. The monoisotopic (exact) mass is 697 g/mol. The summed E-state index contributed by atoms with van der Waals surface area (Å²) in [5.74, 6) is 0.317. The molecule has 4 rings (SSSR count). The van der Waals surface area contributed by atoms with Gasteiger partial charge < -0.3 is 48.7 Å². The van der Waals surface area contributed by atoms with Crippen molar-refractivity contribution in [2.24, 2.45) is 0 Å². The Bertz CT molecular complexity index is 1610. The summed E-state index contributed by atoms with van der Waals surface area (Å²) in [5.41, 5.74) is 1.52. The number of ether oxygens (including phenoxy) is 4. The maximum Gasteiger partial charge on any atom is 0.239 e. The predicted octanol–water partition coefficient (Wildman–Crippen LogP) is 5.95. The van der Waals surface area contributed by atoms with Gasteiger partial charge in [0, 0.05) is 17.2 Å². The van der Waals surface area contributed by atoms with Crippen LogP contribution >= 0.6 is 0 Å². The van der Waals surface area contributed by atoms with E-state index in [1.54, 1.807) is 24.3 Å². The highest BCUT2D eigenvalue weighted by Crippen LogP contribution is 2.41. The molecule has 0 spiro atoms. The second-order valence-corrected chi connectivity index (χ2v) is 13.3. The van der Waals surface area contributed by atoms with Crippen molar-refractivity contribution < 1.29 is 43.8 Å². The molecule has 1 aliphatic heterocycles. The van der Waals surface area contributed by atoms with E-state index in [1.165, 1.54) is 45.8 Å². The topological polar surface area (TPSA) is 151 Å². The Labute approximate surface area is 295 Å². The molecule has 5 atom stereocenters. The molecule has 0 amide bonds. The number of rotatable bonds is 18. The van der Waals surface area contributed by atoms with Gasteiger partial charge in [-0.25, -0.2) is 0 Å². The lowest BCUT2D eigenvalue weighted by Gasteiger charge is -2.38. The molecular weight excluding hydrogens is 642 g/mol. The molecule has 2 aromatic carbocycles. The van der Waals surface area contributed by atoms with E-state index in [0.717, 1.165) is 38.0 Å². The summed E-state index contributed by atoms with van der Waals surface area (Å²) in [7, 11) is 1.54. The zero-order valence-electron chi connectivity index (χ0n) is 30.3. The van der Waals surface area contributed by atoms with Crippen molar-refractivity contribution in [2.45, 2.75) is 110 Å². The third-order valence-corrected chi connectivity index (χ3v) is 9.06. The second kappa shape index (κ2) is 18.6. The molecule has 276 valence electrons. The summed E-state index contributed by atoms with van der Waals surface area (Å²) in [6.45, 7) is 13.5. The van der Waals surface area contributed by atoms with E-state index in [2.05, 4.69) is 18.7 Å². The van der Waals surface area contributed by atoms with Crippen LogP contribution in [0.4, 0.5) is 0 Å². The van der Waals surface area contributed by atoms with Gasteiger partial charge in [-0.3, -0.25) is 4.79 Å². The number of fused-ring (bicyclic) bond motifs is 1. The quantitative estimate of drug-likeness (QED) is 0.0922. The van der Waals surface area contributed by atoms with E-state index in [-0.39, 0.29) is 28.2 Å². The zero-order chi connectivity index (χ0) is 36.4. The lowest BCUT2D eigenvalue weighted by Crippen LogP contribution is -2.58. The highest BCUT2D eigenvalue weighted by molar-refractivity contribution is 5.91. The molecule has 2 heterocycles. The van der Waals surface area contributed by atoms with E-state index in [1.807, 2.05) is 19.9 Å². The first-order valence-corrected chi connectivity index (χ1v) is 17.8. The van der Waals surface area contributed by atoms with E-state index < -0.39 is 36.1 Å². The Morgan fingerprint density at radius 3 is 2.22 bits per heavy atom. The van der Waals surface area contributed by atoms with Gasteiger partial charge >= 0.3 is 0 Å². The van der Waals surface area contributed by atoms with Crippen LogP contribution in [0.2, 0.25) is 0 Å². The van der Waals surface area contributed by atoms with Crippen LogP contribution in [0.3, 0.4) is 0 Å². The van der Waals surface area contributed by atoms with Crippen molar-refractivity contribution in [3.63, 3.8) is 0 Å². The summed E-state index contributed by atoms with van der Waals surface area (Å²) in [5, 5.41) is 42.5. The number of aromatic hydroxyl groups is 1. The van der Waals surface area contributed by atoms with Crippen LogP contribution in [0.5, 0.6) is 23.0 Å².